The first-order valence-corrected chi connectivity index (χ1v) is 7.34. The predicted molar refractivity (Wildman–Crippen MR) is 81.3 cm³/mol. The van der Waals surface area contributed by atoms with Crippen molar-refractivity contribution in [3.63, 3.8) is 0 Å². The molecule has 1 fully saturated rings. The number of hydrogen-bond donors (Lipinski definition) is 1. The lowest BCUT2D eigenvalue weighted by Crippen LogP contribution is -2.28. The van der Waals surface area contributed by atoms with Crippen molar-refractivity contribution in [2.75, 3.05) is 31.6 Å². The Labute approximate surface area is 125 Å². The third-order valence-electron chi connectivity index (χ3n) is 3.93. The Morgan fingerprint density at radius 3 is 2.67 bits per heavy atom. The maximum Gasteiger partial charge on any atom is 0.308 e. The number of aliphatic carboxylic acids is 1. The number of carbonyl (C=O) groups is 2. The highest BCUT2D eigenvalue weighted by molar-refractivity contribution is 5.86. The maximum absolute atomic E-state index is 11.7. The van der Waals surface area contributed by atoms with Gasteiger partial charge in [-0.1, -0.05) is 18.2 Å². The number of para-hydroxylation sites is 1. The monoisotopic (exact) mass is 290 g/mol. The van der Waals surface area contributed by atoms with Gasteiger partial charge in [-0.15, -0.1) is 0 Å². The Kier molecular flexibility index (Phi) is 5.20. The van der Waals surface area contributed by atoms with Crippen LogP contribution in [-0.4, -0.2) is 48.6 Å². The number of anilines is 1. The number of carbonyl (C=O) groups excluding carboxylic acids is 1. The van der Waals surface area contributed by atoms with Gasteiger partial charge in [0.05, 0.1) is 5.92 Å². The van der Waals surface area contributed by atoms with Crippen LogP contribution in [0.3, 0.4) is 0 Å². The van der Waals surface area contributed by atoms with Crippen LogP contribution in [-0.2, 0) is 9.59 Å². The standard InChI is InChI=1S/C16H22N2O3/c1-17(14-7-3-2-4-8-14)9-5-6-10-18-12-13(16(20)21)11-15(18)19/h2-4,7-8,13H,5-6,9-12H2,1H3,(H,20,21). The minimum Gasteiger partial charge on any atom is -0.481 e. The van der Waals surface area contributed by atoms with E-state index in [1.54, 1.807) is 4.90 Å². The first-order chi connectivity index (χ1) is 10.1. The summed E-state index contributed by atoms with van der Waals surface area (Å²) in [5.74, 6) is -1.42. The number of likely N-dealkylation sites (tertiary alicyclic amines) is 1. The second-order valence-electron chi connectivity index (χ2n) is 5.54. The molecule has 1 aromatic rings. The molecule has 1 aliphatic rings. The van der Waals surface area contributed by atoms with E-state index in [2.05, 4.69) is 24.1 Å². The maximum atomic E-state index is 11.7. The van der Waals surface area contributed by atoms with E-state index in [4.69, 9.17) is 5.11 Å². The Balaban J connectivity index is 1.68. The molecule has 0 aromatic heterocycles. The van der Waals surface area contributed by atoms with Crippen LogP contribution in [0.25, 0.3) is 0 Å². The normalized spacial score (nSPS) is 18.0. The third-order valence-corrected chi connectivity index (χ3v) is 3.93. The Hall–Kier alpha value is -2.04. The van der Waals surface area contributed by atoms with Gasteiger partial charge >= 0.3 is 5.97 Å². The van der Waals surface area contributed by atoms with Crippen LogP contribution in [0.1, 0.15) is 19.3 Å². The lowest BCUT2D eigenvalue weighted by atomic mass is 10.1. The van der Waals surface area contributed by atoms with Crippen molar-refractivity contribution in [2.45, 2.75) is 19.3 Å². The van der Waals surface area contributed by atoms with Gasteiger partial charge in [-0.25, -0.2) is 0 Å². The summed E-state index contributed by atoms with van der Waals surface area (Å²) >= 11 is 0. The Bertz CT molecular complexity index is 490. The second-order valence-corrected chi connectivity index (χ2v) is 5.54. The minimum absolute atomic E-state index is 0.0289. The lowest BCUT2D eigenvalue weighted by Gasteiger charge is -2.20. The smallest absolute Gasteiger partial charge is 0.308 e. The van der Waals surface area contributed by atoms with Crippen molar-refractivity contribution in [1.82, 2.24) is 4.90 Å². The van der Waals surface area contributed by atoms with E-state index in [0.29, 0.717) is 13.1 Å². The van der Waals surface area contributed by atoms with Gasteiger partial charge in [-0.05, 0) is 25.0 Å². The second kappa shape index (κ2) is 7.11. The van der Waals surface area contributed by atoms with Crippen LogP contribution in [0.15, 0.2) is 30.3 Å². The molecule has 1 N–H and O–H groups in total. The third kappa shape index (κ3) is 4.21. The molecular formula is C16H22N2O3. The number of nitrogens with zero attached hydrogens (tertiary/aromatic N) is 2. The first-order valence-electron chi connectivity index (χ1n) is 7.34. The van der Waals surface area contributed by atoms with E-state index >= 15 is 0 Å². The molecule has 0 radical (unpaired) electrons. The number of unbranched alkanes of at least 4 members (excludes halogenated alkanes) is 1. The van der Waals surface area contributed by atoms with Crippen LogP contribution >= 0.6 is 0 Å². The predicted octanol–water partition coefficient (Wildman–Crippen LogP) is 1.84. The fraction of sp³-hybridized carbons (Fsp3) is 0.500. The average molecular weight is 290 g/mol. The topological polar surface area (TPSA) is 60.9 Å². The van der Waals surface area contributed by atoms with Crippen LogP contribution in [0.5, 0.6) is 0 Å². The van der Waals surface area contributed by atoms with Gasteiger partial charge in [0.1, 0.15) is 0 Å². The van der Waals surface area contributed by atoms with Crippen molar-refractivity contribution in [3.05, 3.63) is 30.3 Å². The molecule has 0 bridgehead atoms. The zero-order chi connectivity index (χ0) is 15.2. The molecule has 1 saturated heterocycles. The van der Waals surface area contributed by atoms with Gasteiger partial charge in [0.25, 0.3) is 0 Å². The summed E-state index contributed by atoms with van der Waals surface area (Å²) in [6.07, 6.45) is 2.03. The fourth-order valence-corrected chi connectivity index (χ4v) is 2.62. The van der Waals surface area contributed by atoms with Gasteiger partial charge in [0, 0.05) is 38.8 Å². The molecule has 1 heterocycles. The van der Waals surface area contributed by atoms with Gasteiger partial charge in [0.15, 0.2) is 0 Å². The summed E-state index contributed by atoms with van der Waals surface area (Å²) in [7, 11) is 2.05. The molecule has 0 spiro atoms. The van der Waals surface area contributed by atoms with E-state index in [1.165, 1.54) is 5.69 Å². The molecule has 1 aliphatic heterocycles. The van der Waals surface area contributed by atoms with Gasteiger partial charge in [-0.2, -0.15) is 0 Å². The van der Waals surface area contributed by atoms with Crippen LogP contribution in [0.4, 0.5) is 5.69 Å². The van der Waals surface area contributed by atoms with Crippen molar-refractivity contribution in [1.29, 1.82) is 0 Å². The van der Waals surface area contributed by atoms with Crippen molar-refractivity contribution >= 4 is 17.6 Å². The van der Waals surface area contributed by atoms with Crippen LogP contribution < -0.4 is 4.90 Å². The Morgan fingerprint density at radius 1 is 1.33 bits per heavy atom. The van der Waals surface area contributed by atoms with Crippen molar-refractivity contribution in [3.8, 4) is 0 Å². The number of carboxylic acid groups (broad SMARTS) is 1. The number of amides is 1. The van der Waals surface area contributed by atoms with E-state index in [-0.39, 0.29) is 12.3 Å². The van der Waals surface area contributed by atoms with E-state index < -0.39 is 11.9 Å². The molecule has 5 heteroatoms. The lowest BCUT2D eigenvalue weighted by molar-refractivity contribution is -0.141. The molecular weight excluding hydrogens is 268 g/mol. The molecule has 1 atom stereocenters. The van der Waals surface area contributed by atoms with Gasteiger partial charge < -0.3 is 14.9 Å². The Morgan fingerprint density at radius 2 is 2.05 bits per heavy atom. The van der Waals surface area contributed by atoms with E-state index in [9.17, 15) is 9.59 Å². The quantitative estimate of drug-likeness (QED) is 0.778. The molecule has 1 unspecified atom stereocenters. The highest BCUT2D eigenvalue weighted by atomic mass is 16.4. The summed E-state index contributed by atoms with van der Waals surface area (Å²) < 4.78 is 0. The summed E-state index contributed by atoms with van der Waals surface area (Å²) in [5.41, 5.74) is 1.18. The summed E-state index contributed by atoms with van der Waals surface area (Å²) in [6, 6.07) is 10.2. The zero-order valence-corrected chi connectivity index (χ0v) is 12.4. The molecule has 1 aromatic carbocycles. The molecule has 21 heavy (non-hydrogen) atoms. The summed E-state index contributed by atoms with van der Waals surface area (Å²) in [6.45, 7) is 1.95. The van der Waals surface area contributed by atoms with Crippen LogP contribution in [0, 0.1) is 5.92 Å². The minimum atomic E-state index is -0.866. The molecule has 1 amide bonds. The SMILES string of the molecule is CN(CCCCN1CC(C(=O)O)CC1=O)c1ccccc1. The van der Waals surface area contributed by atoms with Gasteiger partial charge in [0.2, 0.25) is 5.91 Å². The van der Waals surface area contributed by atoms with Crippen molar-refractivity contribution < 1.29 is 14.7 Å². The number of rotatable bonds is 7. The number of hydrogen-bond acceptors (Lipinski definition) is 3. The molecule has 0 aliphatic carbocycles. The van der Waals surface area contributed by atoms with Crippen molar-refractivity contribution in [2.24, 2.45) is 5.92 Å². The highest BCUT2D eigenvalue weighted by Gasteiger charge is 2.33. The average Bonchev–Trinajstić information content (AvgIpc) is 2.86. The molecule has 2 rings (SSSR count). The molecule has 114 valence electrons. The summed E-state index contributed by atoms with van der Waals surface area (Å²) in [5, 5.41) is 8.93. The molecule has 0 saturated carbocycles. The number of carboxylic acids is 1. The van der Waals surface area contributed by atoms with E-state index in [0.717, 1.165) is 19.4 Å². The largest absolute Gasteiger partial charge is 0.481 e. The zero-order valence-electron chi connectivity index (χ0n) is 12.4. The number of benzene rings is 1. The highest BCUT2D eigenvalue weighted by Crippen LogP contribution is 2.18. The molecule has 5 nitrogen and oxygen atoms in total. The van der Waals surface area contributed by atoms with E-state index in [1.807, 2.05) is 18.2 Å². The summed E-state index contributed by atoms with van der Waals surface area (Å²) in [4.78, 5) is 26.4. The first kappa shape index (κ1) is 15.4. The van der Waals surface area contributed by atoms with Gasteiger partial charge in [-0.3, -0.25) is 9.59 Å². The fourth-order valence-electron chi connectivity index (χ4n) is 2.62. The van der Waals surface area contributed by atoms with Crippen LogP contribution in [0.2, 0.25) is 0 Å².